The molecule has 0 bridgehead atoms. The molecule has 0 saturated carbocycles. The van der Waals surface area contributed by atoms with Gasteiger partial charge < -0.3 is 4.52 Å². The van der Waals surface area contributed by atoms with Crippen LogP contribution in [0.2, 0.25) is 5.02 Å². The largest absolute Gasteiger partial charge is 0.338 e. The SMILES string of the molecule is O=C(CS(=O)(=O)c1ccc(Cl)cc1)Nc1onc2c1CCCC2. The average molecular weight is 355 g/mol. The average Bonchev–Trinajstić information content (AvgIpc) is 2.90. The van der Waals surface area contributed by atoms with Crippen molar-refractivity contribution in [2.75, 3.05) is 11.1 Å². The number of aryl methyl sites for hydroxylation is 1. The lowest BCUT2D eigenvalue weighted by molar-refractivity contribution is -0.114. The van der Waals surface area contributed by atoms with Gasteiger partial charge in [-0.25, -0.2) is 8.42 Å². The van der Waals surface area contributed by atoms with Crippen molar-refractivity contribution >= 4 is 33.2 Å². The Bertz CT molecular complexity index is 828. The van der Waals surface area contributed by atoms with Crippen molar-refractivity contribution in [1.82, 2.24) is 5.16 Å². The number of nitrogens with zero attached hydrogens (tertiary/aromatic N) is 1. The number of carbonyl (C=O) groups is 1. The van der Waals surface area contributed by atoms with Crippen molar-refractivity contribution in [2.45, 2.75) is 30.6 Å². The first-order chi connectivity index (χ1) is 11.0. The normalized spacial score (nSPS) is 14.3. The van der Waals surface area contributed by atoms with Crippen LogP contribution in [0.5, 0.6) is 0 Å². The number of hydrogen-bond acceptors (Lipinski definition) is 5. The molecule has 6 nitrogen and oxygen atoms in total. The minimum absolute atomic E-state index is 0.0525. The summed E-state index contributed by atoms with van der Waals surface area (Å²) in [6.07, 6.45) is 3.63. The summed E-state index contributed by atoms with van der Waals surface area (Å²) in [6.45, 7) is 0. The molecule has 1 aromatic carbocycles. The van der Waals surface area contributed by atoms with Gasteiger partial charge in [0.25, 0.3) is 0 Å². The van der Waals surface area contributed by atoms with Gasteiger partial charge in [0.05, 0.1) is 10.6 Å². The molecule has 1 aliphatic rings. The third-order valence-electron chi connectivity index (χ3n) is 3.71. The summed E-state index contributed by atoms with van der Waals surface area (Å²) in [5.74, 6) is -1.05. The van der Waals surface area contributed by atoms with Crippen molar-refractivity contribution in [3.05, 3.63) is 40.5 Å². The molecule has 1 heterocycles. The van der Waals surface area contributed by atoms with E-state index in [1.54, 1.807) is 0 Å². The van der Waals surface area contributed by atoms with Crippen molar-refractivity contribution in [2.24, 2.45) is 0 Å². The molecule has 0 saturated heterocycles. The van der Waals surface area contributed by atoms with Crippen LogP contribution < -0.4 is 5.32 Å². The Kier molecular flexibility index (Phi) is 4.41. The monoisotopic (exact) mass is 354 g/mol. The number of aromatic nitrogens is 1. The minimum atomic E-state index is -3.73. The van der Waals surface area contributed by atoms with Crippen LogP contribution in [0.3, 0.4) is 0 Å². The number of amides is 1. The quantitative estimate of drug-likeness (QED) is 0.911. The Labute approximate surface area is 138 Å². The van der Waals surface area contributed by atoms with Crippen molar-refractivity contribution in [1.29, 1.82) is 0 Å². The number of anilines is 1. The molecule has 3 rings (SSSR count). The molecule has 23 heavy (non-hydrogen) atoms. The van der Waals surface area contributed by atoms with E-state index in [4.69, 9.17) is 16.1 Å². The van der Waals surface area contributed by atoms with Gasteiger partial charge in [0, 0.05) is 10.6 Å². The fourth-order valence-electron chi connectivity index (χ4n) is 2.55. The second-order valence-corrected chi connectivity index (χ2v) is 7.83. The molecule has 1 aromatic heterocycles. The Morgan fingerprint density at radius 2 is 1.91 bits per heavy atom. The number of benzene rings is 1. The number of sulfone groups is 1. The summed E-state index contributed by atoms with van der Waals surface area (Å²) in [4.78, 5) is 12.1. The molecular weight excluding hydrogens is 340 g/mol. The van der Waals surface area contributed by atoms with E-state index in [1.807, 2.05) is 0 Å². The van der Waals surface area contributed by atoms with Gasteiger partial charge in [0.15, 0.2) is 9.84 Å². The Balaban J connectivity index is 1.72. The highest BCUT2D eigenvalue weighted by Gasteiger charge is 2.24. The predicted octanol–water partition coefficient (Wildman–Crippen LogP) is 2.62. The molecule has 0 aliphatic heterocycles. The van der Waals surface area contributed by atoms with E-state index in [0.29, 0.717) is 5.02 Å². The first-order valence-corrected chi connectivity index (χ1v) is 9.24. The van der Waals surface area contributed by atoms with Gasteiger partial charge in [0.1, 0.15) is 5.75 Å². The molecule has 0 spiro atoms. The highest BCUT2D eigenvalue weighted by Crippen LogP contribution is 2.27. The summed E-state index contributed by atoms with van der Waals surface area (Å²) in [7, 11) is -3.73. The Hall–Kier alpha value is -1.86. The van der Waals surface area contributed by atoms with E-state index in [1.165, 1.54) is 24.3 Å². The van der Waals surface area contributed by atoms with Gasteiger partial charge >= 0.3 is 0 Å². The van der Waals surface area contributed by atoms with Gasteiger partial charge in [-0.2, -0.15) is 0 Å². The maximum absolute atomic E-state index is 12.2. The van der Waals surface area contributed by atoms with E-state index in [9.17, 15) is 13.2 Å². The van der Waals surface area contributed by atoms with E-state index >= 15 is 0 Å². The third-order valence-corrected chi connectivity index (χ3v) is 5.59. The van der Waals surface area contributed by atoms with Gasteiger partial charge in [-0.05, 0) is 49.9 Å². The molecule has 122 valence electrons. The molecule has 1 N–H and O–H groups in total. The highest BCUT2D eigenvalue weighted by atomic mass is 35.5. The van der Waals surface area contributed by atoms with Gasteiger partial charge in [-0.3, -0.25) is 10.1 Å². The summed E-state index contributed by atoms with van der Waals surface area (Å²) in [5, 5.41) is 6.87. The molecule has 0 unspecified atom stereocenters. The maximum Gasteiger partial charge on any atom is 0.242 e. The smallest absolute Gasteiger partial charge is 0.242 e. The first kappa shape index (κ1) is 16.0. The zero-order chi connectivity index (χ0) is 16.4. The standard InChI is InChI=1S/C15H15ClN2O4S/c16-10-5-7-11(8-6-10)23(20,21)9-14(19)17-15-12-3-1-2-4-13(12)18-22-15/h5-8H,1-4,9H2,(H,17,19). The van der Waals surface area contributed by atoms with Crippen LogP contribution in [0, 0.1) is 0 Å². The number of hydrogen-bond donors (Lipinski definition) is 1. The predicted molar refractivity (Wildman–Crippen MR) is 85.3 cm³/mol. The summed E-state index contributed by atoms with van der Waals surface area (Å²) in [6, 6.07) is 5.70. The number of rotatable bonds is 4. The second-order valence-electron chi connectivity index (χ2n) is 5.41. The van der Waals surface area contributed by atoms with E-state index in [-0.39, 0.29) is 10.8 Å². The van der Waals surface area contributed by atoms with Crippen LogP contribution in [0.1, 0.15) is 24.1 Å². The first-order valence-electron chi connectivity index (χ1n) is 7.21. The number of carbonyl (C=O) groups excluding carboxylic acids is 1. The van der Waals surface area contributed by atoms with Crippen molar-refractivity contribution in [3.8, 4) is 0 Å². The van der Waals surface area contributed by atoms with E-state index in [0.717, 1.165) is 36.9 Å². The van der Waals surface area contributed by atoms with Crippen LogP contribution in [0.25, 0.3) is 0 Å². The lowest BCUT2D eigenvalue weighted by Gasteiger charge is -2.09. The van der Waals surface area contributed by atoms with Crippen LogP contribution >= 0.6 is 11.6 Å². The minimum Gasteiger partial charge on any atom is -0.338 e. The molecule has 8 heteroatoms. The molecule has 1 amide bonds. The lowest BCUT2D eigenvalue weighted by atomic mass is 9.98. The van der Waals surface area contributed by atoms with Crippen molar-refractivity contribution in [3.63, 3.8) is 0 Å². The van der Waals surface area contributed by atoms with Crippen LogP contribution in [-0.4, -0.2) is 25.2 Å². The number of fused-ring (bicyclic) bond motifs is 1. The summed E-state index contributed by atoms with van der Waals surface area (Å²) in [5.41, 5.74) is 1.71. The maximum atomic E-state index is 12.2. The summed E-state index contributed by atoms with van der Waals surface area (Å²) < 4.78 is 29.6. The highest BCUT2D eigenvalue weighted by molar-refractivity contribution is 7.92. The van der Waals surface area contributed by atoms with E-state index in [2.05, 4.69) is 10.5 Å². The topological polar surface area (TPSA) is 89.3 Å². The van der Waals surface area contributed by atoms with Crippen LogP contribution in [0.4, 0.5) is 5.88 Å². The zero-order valence-corrected chi connectivity index (χ0v) is 13.8. The van der Waals surface area contributed by atoms with E-state index < -0.39 is 21.5 Å². The number of nitrogens with one attached hydrogen (secondary N) is 1. The molecule has 0 fully saturated rings. The molecule has 0 atom stereocenters. The zero-order valence-electron chi connectivity index (χ0n) is 12.2. The molecule has 2 aromatic rings. The second kappa shape index (κ2) is 6.33. The molecule has 1 aliphatic carbocycles. The third kappa shape index (κ3) is 3.56. The van der Waals surface area contributed by atoms with Crippen molar-refractivity contribution < 1.29 is 17.7 Å². The fourth-order valence-corrected chi connectivity index (χ4v) is 3.81. The molecule has 0 radical (unpaired) electrons. The van der Waals surface area contributed by atoms with Crippen LogP contribution in [-0.2, 0) is 27.5 Å². The Morgan fingerprint density at radius 1 is 1.22 bits per heavy atom. The van der Waals surface area contributed by atoms with Gasteiger partial charge in [-0.15, -0.1) is 0 Å². The summed E-state index contributed by atoms with van der Waals surface area (Å²) >= 11 is 5.74. The van der Waals surface area contributed by atoms with Gasteiger partial charge in [-0.1, -0.05) is 16.8 Å². The Morgan fingerprint density at radius 3 is 2.65 bits per heavy atom. The number of halogens is 1. The van der Waals surface area contributed by atoms with Gasteiger partial charge in [0.2, 0.25) is 11.8 Å². The fraction of sp³-hybridized carbons (Fsp3) is 0.333. The lowest BCUT2D eigenvalue weighted by Crippen LogP contribution is -2.23. The van der Waals surface area contributed by atoms with Crippen LogP contribution in [0.15, 0.2) is 33.7 Å². The molecular formula is C15H15ClN2O4S.